The Labute approximate surface area is 176 Å². The molecule has 2 amide bonds. The predicted octanol–water partition coefficient (Wildman–Crippen LogP) is 4.63. The summed E-state index contributed by atoms with van der Waals surface area (Å²) < 4.78 is 0.955. The van der Waals surface area contributed by atoms with Gasteiger partial charge in [0.25, 0.3) is 0 Å². The minimum Gasteiger partial charge on any atom is -0.354 e. The van der Waals surface area contributed by atoms with Crippen molar-refractivity contribution in [2.75, 3.05) is 6.54 Å². The van der Waals surface area contributed by atoms with Crippen molar-refractivity contribution in [3.05, 3.63) is 69.7 Å². The van der Waals surface area contributed by atoms with Crippen LogP contribution in [0.2, 0.25) is 0 Å². The molecule has 1 N–H and O–H groups in total. The van der Waals surface area contributed by atoms with Gasteiger partial charge in [-0.05, 0) is 43.5 Å². The lowest BCUT2D eigenvalue weighted by atomic mass is 10.1. The van der Waals surface area contributed by atoms with Crippen LogP contribution in [0.5, 0.6) is 0 Å². The normalized spacial score (nSPS) is 11.7. The number of rotatable bonds is 9. The fourth-order valence-corrected chi connectivity index (χ4v) is 3.50. The Morgan fingerprint density at radius 1 is 1.11 bits per heavy atom. The third-order valence-corrected chi connectivity index (χ3v) is 5.17. The maximum atomic E-state index is 13.1. The molecule has 0 fully saturated rings. The lowest BCUT2D eigenvalue weighted by molar-refractivity contribution is -0.140. The number of aryl methyl sites for hydroxylation is 1. The Kier molecular flexibility index (Phi) is 8.71. The zero-order chi connectivity index (χ0) is 20.5. The second-order valence-corrected chi connectivity index (χ2v) is 8.05. The first kappa shape index (κ1) is 22.2. The molecule has 28 heavy (non-hydrogen) atoms. The molecule has 4 nitrogen and oxygen atoms in total. The van der Waals surface area contributed by atoms with Gasteiger partial charge in [-0.3, -0.25) is 9.59 Å². The van der Waals surface area contributed by atoms with Gasteiger partial charge in [-0.25, -0.2) is 0 Å². The summed E-state index contributed by atoms with van der Waals surface area (Å²) in [6.07, 6.45) is 2.23. The van der Waals surface area contributed by atoms with Gasteiger partial charge in [0, 0.05) is 17.6 Å². The van der Waals surface area contributed by atoms with Gasteiger partial charge in [0.05, 0.1) is 6.42 Å². The van der Waals surface area contributed by atoms with Crippen LogP contribution >= 0.6 is 15.9 Å². The molecule has 0 aromatic heterocycles. The maximum absolute atomic E-state index is 13.1. The highest BCUT2D eigenvalue weighted by Crippen LogP contribution is 2.17. The summed E-state index contributed by atoms with van der Waals surface area (Å²) in [5.41, 5.74) is 3.07. The Balaban J connectivity index is 2.18. The third kappa shape index (κ3) is 6.79. The molecule has 2 aromatic rings. The number of benzene rings is 2. The van der Waals surface area contributed by atoms with E-state index in [4.69, 9.17) is 0 Å². The van der Waals surface area contributed by atoms with Gasteiger partial charge in [0.1, 0.15) is 6.04 Å². The van der Waals surface area contributed by atoms with E-state index in [9.17, 15) is 9.59 Å². The summed E-state index contributed by atoms with van der Waals surface area (Å²) in [6, 6.07) is 15.2. The van der Waals surface area contributed by atoms with Crippen molar-refractivity contribution in [1.29, 1.82) is 0 Å². The van der Waals surface area contributed by atoms with Crippen LogP contribution in [-0.4, -0.2) is 29.3 Å². The number of halogens is 1. The second kappa shape index (κ2) is 11.0. The van der Waals surface area contributed by atoms with Crippen molar-refractivity contribution in [2.45, 2.75) is 52.6 Å². The minimum absolute atomic E-state index is 0.0521. The molecule has 2 rings (SSSR count). The summed E-state index contributed by atoms with van der Waals surface area (Å²) in [5, 5.41) is 2.95. The highest BCUT2D eigenvalue weighted by molar-refractivity contribution is 9.10. The summed E-state index contributed by atoms with van der Waals surface area (Å²) in [6.45, 7) is 6.92. The topological polar surface area (TPSA) is 49.4 Å². The molecule has 0 saturated heterocycles. The quantitative estimate of drug-likeness (QED) is 0.572. The summed E-state index contributed by atoms with van der Waals surface area (Å²) in [5.74, 6) is -0.162. The lowest BCUT2D eigenvalue weighted by Crippen LogP contribution is -2.48. The third-order valence-electron chi connectivity index (χ3n) is 4.68. The standard InChI is InChI=1S/C23H29BrN2O2/c1-4-5-12-25-23(28)18(3)26(16-20-10-7-11-21(24)14-20)22(27)15-19-9-6-8-17(2)13-19/h6-11,13-14,18H,4-5,12,15-16H2,1-3H3,(H,25,28)/t18-/m0/s1. The Morgan fingerprint density at radius 3 is 2.50 bits per heavy atom. The van der Waals surface area contributed by atoms with E-state index in [1.807, 2.05) is 55.5 Å². The average molecular weight is 445 g/mol. The van der Waals surface area contributed by atoms with Gasteiger partial charge in [-0.15, -0.1) is 0 Å². The number of carbonyl (C=O) groups excluding carboxylic acids is 2. The summed E-state index contributed by atoms with van der Waals surface area (Å²) in [4.78, 5) is 27.4. The molecule has 0 radical (unpaired) electrons. The fourth-order valence-electron chi connectivity index (χ4n) is 3.05. The van der Waals surface area contributed by atoms with E-state index < -0.39 is 6.04 Å². The van der Waals surface area contributed by atoms with Gasteiger partial charge in [0.2, 0.25) is 11.8 Å². The van der Waals surface area contributed by atoms with E-state index >= 15 is 0 Å². The molecular weight excluding hydrogens is 416 g/mol. The van der Waals surface area contributed by atoms with Crippen LogP contribution < -0.4 is 5.32 Å². The molecule has 5 heteroatoms. The first-order valence-electron chi connectivity index (χ1n) is 9.78. The van der Waals surface area contributed by atoms with Crippen LogP contribution in [0.15, 0.2) is 53.0 Å². The Morgan fingerprint density at radius 2 is 1.82 bits per heavy atom. The minimum atomic E-state index is -0.534. The number of nitrogens with zero attached hydrogens (tertiary/aromatic N) is 1. The van der Waals surface area contributed by atoms with Crippen molar-refractivity contribution in [1.82, 2.24) is 10.2 Å². The fraction of sp³-hybridized carbons (Fsp3) is 0.391. The van der Waals surface area contributed by atoms with Crippen molar-refractivity contribution < 1.29 is 9.59 Å². The maximum Gasteiger partial charge on any atom is 0.242 e. The molecule has 1 atom stereocenters. The van der Waals surface area contributed by atoms with E-state index in [1.54, 1.807) is 11.8 Å². The van der Waals surface area contributed by atoms with Crippen molar-refractivity contribution >= 4 is 27.7 Å². The van der Waals surface area contributed by atoms with Crippen LogP contribution in [0, 0.1) is 6.92 Å². The smallest absolute Gasteiger partial charge is 0.242 e. The number of carbonyl (C=O) groups is 2. The van der Waals surface area contributed by atoms with Crippen LogP contribution in [0.1, 0.15) is 43.4 Å². The van der Waals surface area contributed by atoms with E-state index in [1.165, 1.54) is 0 Å². The number of nitrogens with one attached hydrogen (secondary N) is 1. The highest BCUT2D eigenvalue weighted by Gasteiger charge is 2.26. The molecule has 0 aliphatic heterocycles. The largest absolute Gasteiger partial charge is 0.354 e. The zero-order valence-corrected chi connectivity index (χ0v) is 18.5. The highest BCUT2D eigenvalue weighted by atomic mass is 79.9. The van der Waals surface area contributed by atoms with Gasteiger partial charge < -0.3 is 10.2 Å². The van der Waals surface area contributed by atoms with E-state index in [-0.39, 0.29) is 18.2 Å². The molecule has 0 aliphatic rings. The van der Waals surface area contributed by atoms with Crippen LogP contribution in [0.4, 0.5) is 0 Å². The molecule has 2 aromatic carbocycles. The number of amides is 2. The zero-order valence-electron chi connectivity index (χ0n) is 16.9. The van der Waals surface area contributed by atoms with Gasteiger partial charge >= 0.3 is 0 Å². The molecule has 0 spiro atoms. The van der Waals surface area contributed by atoms with E-state index in [0.29, 0.717) is 13.1 Å². The van der Waals surface area contributed by atoms with E-state index in [0.717, 1.165) is 34.0 Å². The molecule has 150 valence electrons. The second-order valence-electron chi connectivity index (χ2n) is 7.14. The van der Waals surface area contributed by atoms with Crippen LogP contribution in [0.3, 0.4) is 0 Å². The molecular formula is C23H29BrN2O2. The number of hydrogen-bond acceptors (Lipinski definition) is 2. The van der Waals surface area contributed by atoms with Crippen molar-refractivity contribution in [3.63, 3.8) is 0 Å². The van der Waals surface area contributed by atoms with Gasteiger partial charge in [-0.1, -0.05) is 71.2 Å². The molecule has 0 heterocycles. The SMILES string of the molecule is CCCCNC(=O)[C@H](C)N(Cc1cccc(Br)c1)C(=O)Cc1cccc(C)c1. The molecule has 0 bridgehead atoms. The monoisotopic (exact) mass is 444 g/mol. The van der Waals surface area contributed by atoms with Crippen LogP contribution in [-0.2, 0) is 22.6 Å². The van der Waals surface area contributed by atoms with Crippen molar-refractivity contribution in [3.8, 4) is 0 Å². The lowest BCUT2D eigenvalue weighted by Gasteiger charge is -2.29. The van der Waals surface area contributed by atoms with E-state index in [2.05, 4.69) is 28.2 Å². The molecule has 0 unspecified atom stereocenters. The van der Waals surface area contributed by atoms with Crippen molar-refractivity contribution in [2.24, 2.45) is 0 Å². The van der Waals surface area contributed by atoms with Crippen LogP contribution in [0.25, 0.3) is 0 Å². The number of hydrogen-bond donors (Lipinski definition) is 1. The average Bonchev–Trinajstić information content (AvgIpc) is 2.65. The van der Waals surface area contributed by atoms with Gasteiger partial charge in [0.15, 0.2) is 0 Å². The number of unbranched alkanes of at least 4 members (excludes halogenated alkanes) is 1. The first-order valence-corrected chi connectivity index (χ1v) is 10.6. The first-order chi connectivity index (χ1) is 13.4. The molecule has 0 aliphatic carbocycles. The summed E-state index contributed by atoms with van der Waals surface area (Å²) in [7, 11) is 0. The Bertz CT molecular complexity index is 807. The van der Waals surface area contributed by atoms with Gasteiger partial charge in [-0.2, -0.15) is 0 Å². The Hall–Kier alpha value is -2.14. The summed E-state index contributed by atoms with van der Waals surface area (Å²) >= 11 is 3.48. The molecule has 0 saturated carbocycles. The predicted molar refractivity (Wildman–Crippen MR) is 117 cm³/mol.